The van der Waals surface area contributed by atoms with Crippen molar-refractivity contribution >= 4 is 0 Å². The minimum Gasteiger partial charge on any atom is -0.472 e. The smallest absolute Gasteiger partial charge is 0.0950 e. The van der Waals surface area contributed by atoms with Gasteiger partial charge < -0.3 is 14.6 Å². The Hall–Kier alpha value is -0.840. The van der Waals surface area contributed by atoms with Crippen molar-refractivity contribution in [1.82, 2.24) is 15.1 Å². The van der Waals surface area contributed by atoms with Gasteiger partial charge in [0.25, 0.3) is 0 Å². The van der Waals surface area contributed by atoms with E-state index in [1.807, 2.05) is 6.26 Å². The molecular formula is C14H25N3O. The lowest BCUT2D eigenvalue weighted by Crippen LogP contribution is -2.55. The molecule has 0 amide bonds. The highest BCUT2D eigenvalue weighted by Crippen LogP contribution is 2.23. The van der Waals surface area contributed by atoms with Gasteiger partial charge in [0.15, 0.2) is 0 Å². The van der Waals surface area contributed by atoms with Gasteiger partial charge in [-0.25, -0.2) is 0 Å². The topological polar surface area (TPSA) is 31.7 Å². The molecule has 2 heterocycles. The zero-order valence-corrected chi connectivity index (χ0v) is 11.7. The number of nitrogens with one attached hydrogen (secondary N) is 1. The second-order valence-corrected chi connectivity index (χ2v) is 5.30. The molecule has 1 fully saturated rings. The molecule has 1 aromatic heterocycles. The standard InChI is InChI=1S/C14H25N3O/c1-4-6-15-14(12-5-9-18-11-12)13-10-16(2)7-8-17(13)3/h5,9,11,13-15H,4,6-8,10H2,1-3H3. The maximum atomic E-state index is 5.26. The third kappa shape index (κ3) is 3.13. The van der Waals surface area contributed by atoms with E-state index in [1.54, 1.807) is 6.26 Å². The lowest BCUT2D eigenvalue weighted by Gasteiger charge is -2.42. The zero-order valence-electron chi connectivity index (χ0n) is 11.7. The molecule has 102 valence electrons. The lowest BCUT2D eigenvalue weighted by atomic mass is 9.98. The first-order valence-electron chi connectivity index (χ1n) is 6.86. The Kier molecular flexibility index (Phi) is 4.80. The van der Waals surface area contributed by atoms with Gasteiger partial charge in [-0.15, -0.1) is 0 Å². The van der Waals surface area contributed by atoms with Gasteiger partial charge in [0.05, 0.1) is 18.6 Å². The fourth-order valence-electron chi connectivity index (χ4n) is 2.63. The Bertz CT molecular complexity index is 339. The van der Waals surface area contributed by atoms with E-state index >= 15 is 0 Å². The SMILES string of the molecule is CCCNC(c1ccoc1)C1CN(C)CCN1C. The molecule has 2 atom stereocenters. The van der Waals surface area contributed by atoms with Crippen LogP contribution in [0.5, 0.6) is 0 Å². The minimum absolute atomic E-state index is 0.358. The van der Waals surface area contributed by atoms with Crippen molar-refractivity contribution in [2.45, 2.75) is 25.4 Å². The number of furan rings is 1. The maximum Gasteiger partial charge on any atom is 0.0950 e. The Morgan fingerprint density at radius 1 is 1.44 bits per heavy atom. The summed E-state index contributed by atoms with van der Waals surface area (Å²) in [6.45, 7) is 6.63. The lowest BCUT2D eigenvalue weighted by molar-refractivity contribution is 0.0874. The molecule has 0 spiro atoms. The molecule has 1 saturated heterocycles. The summed E-state index contributed by atoms with van der Waals surface area (Å²) >= 11 is 0. The summed E-state index contributed by atoms with van der Waals surface area (Å²) in [6, 6.07) is 2.94. The summed E-state index contributed by atoms with van der Waals surface area (Å²) in [5, 5.41) is 3.66. The van der Waals surface area contributed by atoms with Crippen molar-refractivity contribution < 1.29 is 4.42 Å². The van der Waals surface area contributed by atoms with E-state index in [1.165, 1.54) is 5.56 Å². The molecule has 2 unspecified atom stereocenters. The maximum absolute atomic E-state index is 5.26. The Morgan fingerprint density at radius 2 is 2.28 bits per heavy atom. The van der Waals surface area contributed by atoms with Crippen LogP contribution in [0.15, 0.2) is 23.0 Å². The highest BCUT2D eigenvalue weighted by Gasteiger charge is 2.30. The number of rotatable bonds is 5. The molecule has 4 heteroatoms. The molecule has 1 aromatic rings. The van der Waals surface area contributed by atoms with E-state index in [9.17, 15) is 0 Å². The zero-order chi connectivity index (χ0) is 13.0. The van der Waals surface area contributed by atoms with Gasteiger partial charge in [-0.05, 0) is 33.1 Å². The summed E-state index contributed by atoms with van der Waals surface area (Å²) in [5.41, 5.74) is 1.26. The van der Waals surface area contributed by atoms with Crippen LogP contribution in [0.4, 0.5) is 0 Å². The van der Waals surface area contributed by atoms with Crippen LogP contribution in [0.25, 0.3) is 0 Å². The first-order chi connectivity index (χ1) is 8.72. The van der Waals surface area contributed by atoms with Crippen molar-refractivity contribution in [3.8, 4) is 0 Å². The molecule has 2 rings (SSSR count). The van der Waals surface area contributed by atoms with Crippen molar-refractivity contribution in [3.05, 3.63) is 24.2 Å². The first-order valence-corrected chi connectivity index (χ1v) is 6.86. The van der Waals surface area contributed by atoms with Crippen molar-refractivity contribution in [1.29, 1.82) is 0 Å². The molecule has 0 radical (unpaired) electrons. The van der Waals surface area contributed by atoms with E-state index in [-0.39, 0.29) is 0 Å². The highest BCUT2D eigenvalue weighted by molar-refractivity contribution is 5.15. The Morgan fingerprint density at radius 3 is 2.94 bits per heavy atom. The number of nitrogens with zero attached hydrogens (tertiary/aromatic N) is 2. The van der Waals surface area contributed by atoms with Crippen LogP contribution in [0.1, 0.15) is 24.9 Å². The highest BCUT2D eigenvalue weighted by atomic mass is 16.3. The van der Waals surface area contributed by atoms with E-state index in [4.69, 9.17) is 4.42 Å². The summed E-state index contributed by atoms with van der Waals surface area (Å²) in [6.07, 6.45) is 4.79. The van der Waals surface area contributed by atoms with Gasteiger partial charge in [0.2, 0.25) is 0 Å². The van der Waals surface area contributed by atoms with Crippen LogP contribution in [0, 0.1) is 0 Å². The largest absolute Gasteiger partial charge is 0.472 e. The fraction of sp³-hybridized carbons (Fsp3) is 0.714. The number of likely N-dealkylation sites (N-methyl/N-ethyl adjacent to an activating group) is 2. The third-order valence-electron chi connectivity index (χ3n) is 3.80. The molecule has 4 nitrogen and oxygen atoms in total. The summed E-state index contributed by atoms with van der Waals surface area (Å²) < 4.78 is 5.26. The normalized spacial score (nSPS) is 24.3. The van der Waals surface area contributed by atoms with Gasteiger partial charge >= 0.3 is 0 Å². The molecular weight excluding hydrogens is 226 g/mol. The molecule has 18 heavy (non-hydrogen) atoms. The van der Waals surface area contributed by atoms with Crippen LogP contribution < -0.4 is 5.32 Å². The molecule has 0 saturated carbocycles. The molecule has 0 bridgehead atoms. The number of piperazine rings is 1. The third-order valence-corrected chi connectivity index (χ3v) is 3.80. The molecule has 0 aliphatic carbocycles. The summed E-state index contributed by atoms with van der Waals surface area (Å²) in [4.78, 5) is 4.87. The number of hydrogen-bond donors (Lipinski definition) is 1. The van der Waals surface area contributed by atoms with Crippen LogP contribution in [0.3, 0.4) is 0 Å². The molecule has 1 N–H and O–H groups in total. The average molecular weight is 251 g/mol. The van der Waals surface area contributed by atoms with Gasteiger partial charge in [-0.2, -0.15) is 0 Å². The average Bonchev–Trinajstić information content (AvgIpc) is 2.88. The van der Waals surface area contributed by atoms with Gasteiger partial charge in [-0.3, -0.25) is 4.90 Å². The van der Waals surface area contributed by atoms with Crippen molar-refractivity contribution in [2.75, 3.05) is 40.3 Å². The van der Waals surface area contributed by atoms with E-state index in [0.717, 1.165) is 32.6 Å². The van der Waals surface area contributed by atoms with Gasteiger partial charge in [-0.1, -0.05) is 6.92 Å². The van der Waals surface area contributed by atoms with Gasteiger partial charge in [0.1, 0.15) is 0 Å². The van der Waals surface area contributed by atoms with E-state index in [2.05, 4.69) is 42.2 Å². The first kappa shape index (κ1) is 13.6. The Balaban J connectivity index is 2.11. The predicted octanol–water partition coefficient (Wildman–Crippen LogP) is 1.57. The van der Waals surface area contributed by atoms with Crippen LogP contribution in [-0.4, -0.2) is 56.1 Å². The number of hydrogen-bond acceptors (Lipinski definition) is 4. The van der Waals surface area contributed by atoms with Crippen molar-refractivity contribution in [2.24, 2.45) is 0 Å². The van der Waals surface area contributed by atoms with Crippen LogP contribution in [-0.2, 0) is 0 Å². The summed E-state index contributed by atoms with van der Waals surface area (Å²) in [7, 11) is 4.42. The minimum atomic E-state index is 0.358. The summed E-state index contributed by atoms with van der Waals surface area (Å²) in [5.74, 6) is 0. The van der Waals surface area contributed by atoms with E-state index in [0.29, 0.717) is 12.1 Å². The monoisotopic (exact) mass is 251 g/mol. The van der Waals surface area contributed by atoms with E-state index < -0.39 is 0 Å². The van der Waals surface area contributed by atoms with Gasteiger partial charge in [0, 0.05) is 31.2 Å². The molecule has 0 aromatic carbocycles. The van der Waals surface area contributed by atoms with Crippen LogP contribution >= 0.6 is 0 Å². The second kappa shape index (κ2) is 6.36. The second-order valence-electron chi connectivity index (χ2n) is 5.30. The molecule has 1 aliphatic rings. The quantitative estimate of drug-likeness (QED) is 0.861. The predicted molar refractivity (Wildman–Crippen MR) is 73.7 cm³/mol. The van der Waals surface area contributed by atoms with Crippen LogP contribution in [0.2, 0.25) is 0 Å². The fourth-order valence-corrected chi connectivity index (χ4v) is 2.63. The Labute approximate surface area is 110 Å². The van der Waals surface area contributed by atoms with Crippen molar-refractivity contribution in [3.63, 3.8) is 0 Å². The molecule has 1 aliphatic heterocycles.